The lowest BCUT2D eigenvalue weighted by molar-refractivity contribution is -0.295. The van der Waals surface area contributed by atoms with Crippen molar-refractivity contribution in [3.05, 3.63) is 24.3 Å². The van der Waals surface area contributed by atoms with Crippen LogP contribution in [0.25, 0.3) is 0 Å². The molecule has 1 aliphatic heterocycles. The molecule has 6 heteroatoms. The van der Waals surface area contributed by atoms with Gasteiger partial charge in [0.15, 0.2) is 0 Å². The molecule has 1 aliphatic rings. The summed E-state index contributed by atoms with van der Waals surface area (Å²) < 4.78 is 10.6. The average Bonchev–Trinajstić information content (AvgIpc) is 2.43. The molecule has 0 aromatic carbocycles. The van der Waals surface area contributed by atoms with Crippen molar-refractivity contribution < 1.29 is 23.9 Å². The predicted octanol–water partition coefficient (Wildman–Crippen LogP) is 3.18. The van der Waals surface area contributed by atoms with Crippen molar-refractivity contribution in [3.8, 4) is 0 Å². The number of rotatable bonds is 7. The summed E-state index contributed by atoms with van der Waals surface area (Å²) in [5.74, 6) is -0.787. The molecule has 1 rings (SSSR count). The molecular weight excluding hydrogens is 322 g/mol. The van der Waals surface area contributed by atoms with E-state index in [-0.39, 0.29) is 36.4 Å². The summed E-state index contributed by atoms with van der Waals surface area (Å²) in [5.41, 5.74) is 0.0645. The molecule has 0 aromatic rings. The van der Waals surface area contributed by atoms with Crippen molar-refractivity contribution in [2.75, 3.05) is 13.2 Å². The minimum atomic E-state index is -0.424. The van der Waals surface area contributed by atoms with Crippen molar-refractivity contribution in [3.63, 3.8) is 0 Å². The van der Waals surface area contributed by atoms with Crippen molar-refractivity contribution in [2.24, 2.45) is 0 Å². The zero-order valence-electron chi connectivity index (χ0n) is 16.3. The van der Waals surface area contributed by atoms with Crippen molar-refractivity contribution in [1.29, 1.82) is 0 Å². The van der Waals surface area contributed by atoms with Crippen LogP contribution in [0.1, 0.15) is 54.4 Å². The molecule has 0 radical (unpaired) electrons. The lowest BCUT2D eigenvalue weighted by Crippen LogP contribution is -2.62. The Morgan fingerprint density at radius 2 is 1.44 bits per heavy atom. The second-order valence-electron chi connectivity index (χ2n) is 7.88. The summed E-state index contributed by atoms with van der Waals surface area (Å²) in [5, 5.41) is 1.92. The topological polar surface area (TPSA) is 65.1 Å². The first-order chi connectivity index (χ1) is 11.4. The van der Waals surface area contributed by atoms with Crippen molar-refractivity contribution in [2.45, 2.75) is 71.6 Å². The molecule has 0 spiro atoms. The van der Waals surface area contributed by atoms with E-state index in [1.54, 1.807) is 13.8 Å². The number of carbonyl (C=O) groups is 2. The Morgan fingerprint density at radius 1 is 0.960 bits per heavy atom. The highest BCUT2D eigenvalue weighted by Crippen LogP contribution is 2.39. The lowest BCUT2D eigenvalue weighted by atomic mass is 9.80. The molecule has 0 bridgehead atoms. The van der Waals surface area contributed by atoms with Crippen molar-refractivity contribution in [1.82, 2.24) is 5.06 Å². The Morgan fingerprint density at radius 3 is 1.88 bits per heavy atom. The van der Waals surface area contributed by atoms with E-state index < -0.39 is 5.97 Å². The van der Waals surface area contributed by atoms with E-state index in [0.717, 1.165) is 0 Å². The molecule has 142 valence electrons. The molecule has 1 saturated heterocycles. The Balaban J connectivity index is 2.66. The molecule has 0 aliphatic carbocycles. The molecule has 0 aromatic heterocycles. The number of esters is 2. The molecule has 0 unspecified atom stereocenters. The van der Waals surface area contributed by atoms with E-state index in [9.17, 15) is 9.59 Å². The Hall–Kier alpha value is -1.66. The Bertz CT molecular complexity index is 532. The van der Waals surface area contributed by atoms with Crippen LogP contribution in [0.4, 0.5) is 0 Å². The quantitative estimate of drug-likeness (QED) is 0.398. The number of hydroxylamine groups is 2. The summed E-state index contributed by atoms with van der Waals surface area (Å²) in [6, 6.07) is 0. The van der Waals surface area contributed by atoms with E-state index >= 15 is 0 Å². The lowest BCUT2D eigenvalue weighted by Gasteiger charge is -2.53. The van der Waals surface area contributed by atoms with Gasteiger partial charge < -0.3 is 9.47 Å². The van der Waals surface area contributed by atoms with Crippen LogP contribution in [0, 0.1) is 0 Å². The predicted molar refractivity (Wildman–Crippen MR) is 95.7 cm³/mol. The molecule has 25 heavy (non-hydrogen) atoms. The maximum absolute atomic E-state index is 11.8. The molecule has 1 fully saturated rings. The fourth-order valence-electron chi connectivity index (χ4n) is 3.24. The standard InChI is InChI=1S/C19H31NO5/c1-13(2)16(21)23-9-10-24-20-18(5,6)11-15(12-19(20,7)8)25-17(22)14(3)4/h15H,1,3,9-12H2,2,4-8H3. The minimum absolute atomic E-state index is 0.155. The number of carbonyl (C=O) groups excluding carboxylic acids is 2. The molecule has 0 saturated carbocycles. The van der Waals surface area contributed by atoms with E-state index in [1.807, 2.05) is 32.8 Å². The zero-order valence-corrected chi connectivity index (χ0v) is 16.3. The van der Waals surface area contributed by atoms with Gasteiger partial charge in [0, 0.05) is 35.1 Å². The maximum atomic E-state index is 11.8. The van der Waals surface area contributed by atoms with Gasteiger partial charge in [-0.1, -0.05) is 13.2 Å². The molecule has 6 nitrogen and oxygen atoms in total. The van der Waals surface area contributed by atoms with Crippen LogP contribution in [-0.4, -0.2) is 47.4 Å². The van der Waals surface area contributed by atoms with Gasteiger partial charge in [0.1, 0.15) is 19.3 Å². The van der Waals surface area contributed by atoms with Gasteiger partial charge in [-0.15, -0.1) is 0 Å². The third-order valence-corrected chi connectivity index (χ3v) is 4.06. The van der Waals surface area contributed by atoms with Gasteiger partial charge in [-0.2, -0.15) is 5.06 Å². The van der Waals surface area contributed by atoms with Gasteiger partial charge in [0.25, 0.3) is 0 Å². The summed E-state index contributed by atoms with van der Waals surface area (Å²) in [6.45, 7) is 19.0. The highest BCUT2D eigenvalue weighted by molar-refractivity contribution is 5.87. The van der Waals surface area contributed by atoms with Crippen LogP contribution >= 0.6 is 0 Å². The summed E-state index contributed by atoms with van der Waals surface area (Å²) >= 11 is 0. The van der Waals surface area contributed by atoms with Crippen LogP contribution < -0.4 is 0 Å². The van der Waals surface area contributed by atoms with E-state index in [0.29, 0.717) is 24.0 Å². The van der Waals surface area contributed by atoms with Gasteiger partial charge in [0.05, 0.1) is 0 Å². The molecule has 0 atom stereocenters. The van der Waals surface area contributed by atoms with Crippen LogP contribution in [0.15, 0.2) is 24.3 Å². The third kappa shape index (κ3) is 5.97. The normalized spacial score (nSPS) is 19.9. The smallest absolute Gasteiger partial charge is 0.333 e. The molecule has 1 heterocycles. The summed E-state index contributed by atoms with van der Waals surface area (Å²) in [4.78, 5) is 29.1. The van der Waals surface area contributed by atoms with Gasteiger partial charge in [-0.25, -0.2) is 9.59 Å². The third-order valence-electron chi connectivity index (χ3n) is 4.06. The molecule has 0 amide bonds. The fraction of sp³-hybridized carbons (Fsp3) is 0.684. The molecular formula is C19H31NO5. The number of nitrogens with zero attached hydrogens (tertiary/aromatic N) is 1. The van der Waals surface area contributed by atoms with Crippen LogP contribution in [0.2, 0.25) is 0 Å². The first kappa shape index (κ1) is 21.4. The number of ether oxygens (including phenoxy) is 2. The summed E-state index contributed by atoms with van der Waals surface area (Å²) in [6.07, 6.45) is 1.08. The largest absolute Gasteiger partial charge is 0.460 e. The average molecular weight is 353 g/mol. The minimum Gasteiger partial charge on any atom is -0.460 e. The number of piperidine rings is 1. The first-order valence-electron chi connectivity index (χ1n) is 8.49. The SMILES string of the molecule is C=C(C)C(=O)OCCON1C(C)(C)CC(OC(=O)C(=C)C)CC1(C)C. The van der Waals surface area contributed by atoms with Gasteiger partial charge in [0.2, 0.25) is 0 Å². The van der Waals surface area contributed by atoms with E-state index in [4.69, 9.17) is 14.3 Å². The number of hydrogen-bond donors (Lipinski definition) is 0. The monoisotopic (exact) mass is 353 g/mol. The van der Waals surface area contributed by atoms with E-state index in [2.05, 4.69) is 13.2 Å². The highest BCUT2D eigenvalue weighted by atomic mass is 16.7. The maximum Gasteiger partial charge on any atom is 0.333 e. The number of hydrogen-bond acceptors (Lipinski definition) is 6. The first-order valence-corrected chi connectivity index (χ1v) is 8.49. The Kier molecular flexibility index (Phi) is 6.97. The second-order valence-corrected chi connectivity index (χ2v) is 7.88. The summed E-state index contributed by atoms with van der Waals surface area (Å²) in [7, 11) is 0. The highest BCUT2D eigenvalue weighted by Gasteiger charge is 2.47. The van der Waals surface area contributed by atoms with Gasteiger partial charge in [-0.05, 0) is 41.5 Å². The fourth-order valence-corrected chi connectivity index (χ4v) is 3.24. The van der Waals surface area contributed by atoms with Crippen LogP contribution in [0.3, 0.4) is 0 Å². The van der Waals surface area contributed by atoms with Crippen LogP contribution in [0.5, 0.6) is 0 Å². The second kappa shape index (κ2) is 8.15. The zero-order chi connectivity index (χ0) is 19.4. The van der Waals surface area contributed by atoms with Gasteiger partial charge >= 0.3 is 11.9 Å². The van der Waals surface area contributed by atoms with E-state index in [1.165, 1.54) is 0 Å². The Labute approximate surface area is 150 Å². The van der Waals surface area contributed by atoms with Crippen LogP contribution in [-0.2, 0) is 23.9 Å². The van der Waals surface area contributed by atoms with Gasteiger partial charge in [-0.3, -0.25) is 4.84 Å². The van der Waals surface area contributed by atoms with Crippen molar-refractivity contribution >= 4 is 11.9 Å². The molecule has 0 N–H and O–H groups in total.